The molecule has 2 fully saturated rings. The van der Waals surface area contributed by atoms with Crippen molar-refractivity contribution in [2.75, 3.05) is 0 Å². The molecule has 0 aromatic carbocycles. The second kappa shape index (κ2) is 4.54. The minimum atomic E-state index is -1.72. The molecule has 12 heavy (non-hydrogen) atoms. The monoisotopic (exact) mass is 244 g/mol. The molecular weight excluding hydrogens is 231 g/mol. The first-order chi connectivity index (χ1) is 5.52. The number of hydrogen-bond donors (Lipinski definition) is 0. The van der Waals surface area contributed by atoms with Crippen molar-refractivity contribution in [1.29, 1.82) is 0 Å². The molecule has 0 amide bonds. The average molecular weight is 246 g/mol. The van der Waals surface area contributed by atoms with E-state index in [1.165, 1.54) is 18.8 Å². The molecule has 0 nitrogen and oxygen atoms in total. The maximum Gasteiger partial charge on any atom is 0.326 e. The van der Waals surface area contributed by atoms with Gasteiger partial charge in [0.1, 0.15) is 0 Å². The van der Waals surface area contributed by atoms with Crippen molar-refractivity contribution in [2.24, 2.45) is 23.7 Å². The van der Waals surface area contributed by atoms with Gasteiger partial charge in [-0.1, -0.05) is 13.8 Å². The summed E-state index contributed by atoms with van der Waals surface area (Å²) in [5, 5.41) is 0. The molecule has 0 aromatic heterocycles. The summed E-state index contributed by atoms with van der Waals surface area (Å²) in [7, 11) is 0. The van der Waals surface area contributed by atoms with Gasteiger partial charge in [-0.15, -0.1) is 33.2 Å². The molecule has 2 rings (SSSR count). The van der Waals surface area contributed by atoms with Gasteiger partial charge >= 0.3 is 6.73 Å². The Balaban J connectivity index is 0.000000157. The normalized spacial score (nSPS) is 43.5. The summed E-state index contributed by atoms with van der Waals surface area (Å²) < 4.78 is 0. The second-order valence-corrected chi connectivity index (χ2v) is 10.4. The summed E-state index contributed by atoms with van der Waals surface area (Å²) in [6.45, 7) is 3.08. The van der Waals surface area contributed by atoms with E-state index in [9.17, 15) is 0 Å². The molecule has 0 aromatic rings. The first kappa shape index (κ1) is 11.2. The fraction of sp³-hybridized carbons (Fsp3) is 1.00. The van der Waals surface area contributed by atoms with Gasteiger partial charge in [-0.05, 0) is 36.5 Å². The van der Waals surface area contributed by atoms with Crippen LogP contribution in [0, 0.1) is 23.7 Å². The molecule has 2 saturated carbocycles. The third-order valence-electron chi connectivity index (χ3n) is 3.21. The highest BCUT2D eigenvalue weighted by atomic mass is 35.8. The topological polar surface area (TPSA) is 0 Å². The molecule has 0 spiro atoms. The fourth-order valence-corrected chi connectivity index (χ4v) is 2.78. The molecule has 72 valence electrons. The van der Waals surface area contributed by atoms with Gasteiger partial charge in [0.2, 0.25) is 0 Å². The largest absolute Gasteiger partial charge is 0.326 e. The molecule has 4 heteroatoms. The van der Waals surface area contributed by atoms with Gasteiger partial charge in [-0.25, -0.2) is 0 Å². The molecule has 0 N–H and O–H groups in total. The molecule has 0 radical (unpaired) electrons. The van der Waals surface area contributed by atoms with E-state index in [4.69, 9.17) is 33.2 Å². The zero-order chi connectivity index (χ0) is 9.30. The van der Waals surface area contributed by atoms with Crippen LogP contribution in [-0.2, 0) is 0 Å². The summed E-state index contributed by atoms with van der Waals surface area (Å²) in [4.78, 5) is 0. The highest BCUT2D eigenvalue weighted by Crippen LogP contribution is 2.57. The molecule has 2 atom stereocenters. The van der Waals surface area contributed by atoms with Crippen molar-refractivity contribution >= 4 is 40.0 Å². The maximum absolute atomic E-state index is 4.94. The zero-order valence-electron chi connectivity index (χ0n) is 7.43. The molecular formula is C8H15Cl3Si. The second-order valence-electron chi connectivity index (χ2n) is 4.01. The standard InChI is InChI=1S/C8H14.Cl3HSi/c1-5-3-7-4-6(2)8(5)7;1-4(2)3/h5-8H,3-4H2,1-2H3;4H. The van der Waals surface area contributed by atoms with Crippen LogP contribution in [0.5, 0.6) is 0 Å². The van der Waals surface area contributed by atoms with Crippen molar-refractivity contribution in [3.63, 3.8) is 0 Å². The molecule has 2 aliphatic rings. The van der Waals surface area contributed by atoms with Crippen LogP contribution in [0.4, 0.5) is 0 Å². The van der Waals surface area contributed by atoms with Crippen LogP contribution in [0.2, 0.25) is 0 Å². The zero-order valence-corrected chi connectivity index (χ0v) is 10.9. The van der Waals surface area contributed by atoms with Gasteiger partial charge in [0, 0.05) is 0 Å². The van der Waals surface area contributed by atoms with E-state index < -0.39 is 6.73 Å². The molecule has 2 aliphatic carbocycles. The van der Waals surface area contributed by atoms with Crippen molar-refractivity contribution in [2.45, 2.75) is 26.7 Å². The van der Waals surface area contributed by atoms with Crippen molar-refractivity contribution in [1.82, 2.24) is 0 Å². The lowest BCUT2D eigenvalue weighted by Gasteiger charge is -2.56. The first-order valence-corrected chi connectivity index (χ1v) is 9.68. The third kappa shape index (κ3) is 2.54. The highest BCUT2D eigenvalue weighted by molar-refractivity contribution is 7.54. The number of fused-ring (bicyclic) bond motifs is 1. The Kier molecular flexibility index (Phi) is 4.22. The summed E-state index contributed by atoms with van der Waals surface area (Å²) in [6.07, 6.45) is 3.07. The minimum Gasteiger partial charge on any atom is -0.130 e. The molecule has 0 heterocycles. The predicted molar refractivity (Wildman–Crippen MR) is 59.3 cm³/mol. The van der Waals surface area contributed by atoms with Gasteiger partial charge in [-0.2, -0.15) is 0 Å². The highest BCUT2D eigenvalue weighted by Gasteiger charge is 2.49. The lowest BCUT2D eigenvalue weighted by atomic mass is 9.49. The van der Waals surface area contributed by atoms with Crippen molar-refractivity contribution < 1.29 is 0 Å². The predicted octanol–water partition coefficient (Wildman–Crippen LogP) is 3.72. The van der Waals surface area contributed by atoms with Crippen LogP contribution in [0.15, 0.2) is 0 Å². The quantitative estimate of drug-likeness (QED) is 0.451. The van der Waals surface area contributed by atoms with Crippen LogP contribution in [0.1, 0.15) is 26.7 Å². The Morgan fingerprint density at radius 3 is 1.42 bits per heavy atom. The first-order valence-electron chi connectivity index (χ1n) is 4.44. The van der Waals surface area contributed by atoms with Gasteiger partial charge in [0.05, 0.1) is 0 Å². The summed E-state index contributed by atoms with van der Waals surface area (Å²) in [6, 6.07) is 0. The lowest BCUT2D eigenvalue weighted by molar-refractivity contribution is -0.0714. The van der Waals surface area contributed by atoms with E-state index in [0.717, 1.165) is 17.8 Å². The van der Waals surface area contributed by atoms with Crippen LogP contribution in [0.25, 0.3) is 0 Å². The van der Waals surface area contributed by atoms with Crippen LogP contribution in [0.3, 0.4) is 0 Å². The van der Waals surface area contributed by atoms with Gasteiger partial charge in [0.25, 0.3) is 0 Å². The minimum absolute atomic E-state index is 1.07. The Bertz CT molecular complexity index is 130. The number of rotatable bonds is 0. The van der Waals surface area contributed by atoms with Gasteiger partial charge < -0.3 is 0 Å². The summed E-state index contributed by atoms with van der Waals surface area (Å²) in [5.74, 6) is 4.46. The van der Waals surface area contributed by atoms with Crippen LogP contribution >= 0.6 is 33.2 Å². The van der Waals surface area contributed by atoms with Crippen molar-refractivity contribution in [3.05, 3.63) is 0 Å². The third-order valence-corrected chi connectivity index (χ3v) is 3.21. The SMILES string of the molecule is CC1CC2CC(C)C12.Cl[SiH](Cl)Cl. The van der Waals surface area contributed by atoms with E-state index in [-0.39, 0.29) is 0 Å². The Hall–Kier alpha value is 1.09. The summed E-state index contributed by atoms with van der Waals surface area (Å²) >= 11 is 14.8. The van der Waals surface area contributed by atoms with Crippen LogP contribution < -0.4 is 0 Å². The number of halogens is 3. The van der Waals surface area contributed by atoms with E-state index in [0.29, 0.717) is 0 Å². The molecule has 0 aliphatic heterocycles. The molecule has 0 saturated heterocycles. The van der Waals surface area contributed by atoms with E-state index in [1.807, 2.05) is 0 Å². The van der Waals surface area contributed by atoms with Crippen LogP contribution in [-0.4, -0.2) is 6.73 Å². The Morgan fingerprint density at radius 1 is 1.00 bits per heavy atom. The Morgan fingerprint density at radius 2 is 1.33 bits per heavy atom. The van der Waals surface area contributed by atoms with Gasteiger partial charge in [-0.3, -0.25) is 0 Å². The molecule has 2 unspecified atom stereocenters. The van der Waals surface area contributed by atoms with E-state index in [1.54, 1.807) is 0 Å². The smallest absolute Gasteiger partial charge is 0.130 e. The van der Waals surface area contributed by atoms with Crippen molar-refractivity contribution in [3.8, 4) is 0 Å². The van der Waals surface area contributed by atoms with E-state index >= 15 is 0 Å². The fourth-order valence-electron chi connectivity index (χ4n) is 2.78. The van der Waals surface area contributed by atoms with Gasteiger partial charge in [0.15, 0.2) is 0 Å². The Labute approximate surface area is 90.3 Å². The maximum atomic E-state index is 4.94. The summed E-state index contributed by atoms with van der Waals surface area (Å²) in [5.41, 5.74) is 0. The van der Waals surface area contributed by atoms with E-state index in [2.05, 4.69) is 13.8 Å². The lowest BCUT2D eigenvalue weighted by Crippen LogP contribution is -2.49. The average Bonchev–Trinajstić information content (AvgIpc) is 1.83. The number of hydrogen-bond acceptors (Lipinski definition) is 0. The molecule has 0 bridgehead atoms.